The largest absolute Gasteiger partial charge is 0.322 e. The molecule has 3 amide bonds. The van der Waals surface area contributed by atoms with Gasteiger partial charge < -0.3 is 5.32 Å². The smallest absolute Gasteiger partial charge is 0.255 e. The van der Waals surface area contributed by atoms with Crippen molar-refractivity contribution in [1.82, 2.24) is 0 Å². The fourth-order valence-corrected chi connectivity index (χ4v) is 6.14. The zero-order valence-corrected chi connectivity index (χ0v) is 17.3. The number of para-hydroxylation sites is 1. The van der Waals surface area contributed by atoms with Gasteiger partial charge in [0, 0.05) is 11.3 Å². The van der Waals surface area contributed by atoms with Crippen molar-refractivity contribution in [2.24, 2.45) is 35.5 Å². The Balaban J connectivity index is 1.29. The number of anilines is 2. The number of allylic oxidation sites excluding steroid dienone is 2. The standard InChI is InChI=1S/C26H24N2O3/c1-2-14-6-3-4-9-21(14)27-24(29)15-7-5-8-16(12-15)28-25(30)22-17-10-11-18(20-13-19(17)20)23(22)26(28)31/h3-12,17-20,22-23H,2,13H2,1H3,(H,27,29)/t17-,18-,19-,20+,22-,23+/m0/s1. The number of imide groups is 1. The summed E-state index contributed by atoms with van der Waals surface area (Å²) in [4.78, 5) is 40.9. The van der Waals surface area contributed by atoms with Gasteiger partial charge in [0.1, 0.15) is 0 Å². The van der Waals surface area contributed by atoms with Gasteiger partial charge in [-0.05, 0) is 66.3 Å². The molecule has 1 N–H and O–H groups in total. The number of amides is 3. The lowest BCUT2D eigenvalue weighted by atomic mass is 9.63. The van der Waals surface area contributed by atoms with E-state index in [1.54, 1.807) is 24.3 Å². The van der Waals surface area contributed by atoms with Crippen LogP contribution in [0.1, 0.15) is 29.3 Å². The molecular formula is C26H24N2O3. The van der Waals surface area contributed by atoms with Crippen molar-refractivity contribution in [3.8, 4) is 0 Å². The summed E-state index contributed by atoms with van der Waals surface area (Å²) in [6, 6.07) is 14.6. The van der Waals surface area contributed by atoms with Crippen LogP contribution in [0.2, 0.25) is 0 Å². The molecule has 0 spiro atoms. The minimum Gasteiger partial charge on any atom is -0.322 e. The van der Waals surface area contributed by atoms with Gasteiger partial charge in [-0.1, -0.05) is 43.3 Å². The molecule has 1 aliphatic heterocycles. The monoisotopic (exact) mass is 412 g/mol. The minimum absolute atomic E-state index is 0.103. The Morgan fingerprint density at radius 2 is 1.65 bits per heavy atom. The van der Waals surface area contributed by atoms with Crippen LogP contribution in [-0.2, 0) is 16.0 Å². The number of carbonyl (C=O) groups excluding carboxylic acids is 3. The zero-order chi connectivity index (χ0) is 21.3. The van der Waals surface area contributed by atoms with Crippen molar-refractivity contribution in [3.05, 3.63) is 71.8 Å². The van der Waals surface area contributed by atoms with E-state index in [-0.39, 0.29) is 41.4 Å². The van der Waals surface area contributed by atoms with E-state index >= 15 is 0 Å². The molecule has 5 aliphatic rings. The molecule has 2 aromatic rings. The predicted molar refractivity (Wildman–Crippen MR) is 117 cm³/mol. The maximum Gasteiger partial charge on any atom is 0.255 e. The molecule has 31 heavy (non-hydrogen) atoms. The van der Waals surface area contributed by atoms with Crippen molar-refractivity contribution in [3.63, 3.8) is 0 Å². The molecule has 7 rings (SSSR count). The third-order valence-electron chi connectivity index (χ3n) is 7.68. The zero-order valence-electron chi connectivity index (χ0n) is 17.3. The summed E-state index contributed by atoms with van der Waals surface area (Å²) in [6.07, 6.45) is 6.30. The summed E-state index contributed by atoms with van der Waals surface area (Å²) < 4.78 is 0. The van der Waals surface area contributed by atoms with Crippen LogP contribution in [0.3, 0.4) is 0 Å². The molecule has 1 heterocycles. The van der Waals surface area contributed by atoms with Crippen molar-refractivity contribution in [2.75, 3.05) is 10.2 Å². The SMILES string of the molecule is CCc1ccccc1NC(=O)c1cccc(N2C(=O)[C@@H]3[C@H]4C=C[C@@H]([C@@H]5C[C@H]45)[C@@H]3C2=O)c1. The lowest BCUT2D eigenvalue weighted by molar-refractivity contribution is -0.124. The van der Waals surface area contributed by atoms with Gasteiger partial charge in [-0.3, -0.25) is 14.4 Å². The number of aryl methyl sites for hydroxylation is 1. The third kappa shape index (κ3) is 2.65. The number of hydrogen-bond donors (Lipinski definition) is 1. The van der Waals surface area contributed by atoms with Gasteiger partial charge in [0.25, 0.3) is 5.91 Å². The van der Waals surface area contributed by atoms with Crippen LogP contribution in [-0.4, -0.2) is 17.7 Å². The van der Waals surface area contributed by atoms with Gasteiger partial charge in [0.05, 0.1) is 17.5 Å². The highest BCUT2D eigenvalue weighted by atomic mass is 16.2. The molecule has 2 saturated carbocycles. The second-order valence-corrected chi connectivity index (χ2v) is 9.18. The van der Waals surface area contributed by atoms with E-state index in [1.165, 1.54) is 4.90 Å². The summed E-state index contributed by atoms with van der Waals surface area (Å²) in [5.74, 6) is 0.606. The van der Waals surface area contributed by atoms with E-state index in [9.17, 15) is 14.4 Å². The van der Waals surface area contributed by atoms with Crippen molar-refractivity contribution < 1.29 is 14.4 Å². The molecule has 0 aromatic heterocycles. The Morgan fingerprint density at radius 3 is 2.32 bits per heavy atom. The topological polar surface area (TPSA) is 66.5 Å². The highest BCUT2D eigenvalue weighted by molar-refractivity contribution is 6.23. The Labute approximate surface area is 181 Å². The molecule has 2 bridgehead atoms. The molecule has 5 heteroatoms. The molecule has 5 nitrogen and oxygen atoms in total. The number of rotatable bonds is 4. The summed E-state index contributed by atoms with van der Waals surface area (Å²) >= 11 is 0. The van der Waals surface area contributed by atoms with E-state index in [0.29, 0.717) is 23.1 Å². The van der Waals surface area contributed by atoms with Crippen molar-refractivity contribution >= 4 is 29.1 Å². The van der Waals surface area contributed by atoms with E-state index in [4.69, 9.17) is 0 Å². The first-order valence-corrected chi connectivity index (χ1v) is 11.1. The van der Waals surface area contributed by atoms with Gasteiger partial charge in [0.15, 0.2) is 0 Å². The number of carbonyl (C=O) groups is 3. The average Bonchev–Trinajstić information content (AvgIpc) is 3.57. The van der Waals surface area contributed by atoms with Crippen LogP contribution in [0.25, 0.3) is 0 Å². The molecule has 0 radical (unpaired) electrons. The van der Waals surface area contributed by atoms with Crippen LogP contribution in [0.5, 0.6) is 0 Å². The third-order valence-corrected chi connectivity index (χ3v) is 7.68. The Hall–Kier alpha value is -3.21. The molecule has 2 aromatic carbocycles. The lowest BCUT2D eigenvalue weighted by Gasteiger charge is -2.37. The molecule has 1 saturated heterocycles. The second-order valence-electron chi connectivity index (χ2n) is 9.18. The maximum absolute atomic E-state index is 13.3. The van der Waals surface area contributed by atoms with Gasteiger partial charge in [-0.15, -0.1) is 0 Å². The quantitative estimate of drug-likeness (QED) is 0.608. The average molecular weight is 412 g/mol. The second kappa shape index (κ2) is 6.64. The first-order valence-electron chi connectivity index (χ1n) is 11.1. The summed E-state index contributed by atoms with van der Waals surface area (Å²) in [6.45, 7) is 2.04. The fraction of sp³-hybridized carbons (Fsp3) is 0.346. The van der Waals surface area contributed by atoms with Crippen molar-refractivity contribution in [1.29, 1.82) is 0 Å². The molecule has 3 fully saturated rings. The van der Waals surface area contributed by atoms with Crippen LogP contribution < -0.4 is 10.2 Å². The van der Waals surface area contributed by atoms with Gasteiger partial charge in [-0.2, -0.15) is 0 Å². The van der Waals surface area contributed by atoms with Crippen LogP contribution in [0, 0.1) is 35.5 Å². The molecule has 156 valence electrons. The lowest BCUT2D eigenvalue weighted by Crippen LogP contribution is -2.40. The van der Waals surface area contributed by atoms with Crippen molar-refractivity contribution in [2.45, 2.75) is 19.8 Å². The number of nitrogens with one attached hydrogen (secondary N) is 1. The first kappa shape index (κ1) is 18.6. The fourth-order valence-electron chi connectivity index (χ4n) is 6.14. The van der Waals surface area contributed by atoms with Crippen LogP contribution in [0.15, 0.2) is 60.7 Å². The predicted octanol–water partition coefficient (Wildman–Crippen LogP) is 4.06. The van der Waals surface area contributed by atoms with Crippen LogP contribution in [0.4, 0.5) is 11.4 Å². The normalized spacial score (nSPS) is 32.1. The highest BCUT2D eigenvalue weighted by Gasteiger charge is 2.67. The van der Waals surface area contributed by atoms with Gasteiger partial charge in [-0.25, -0.2) is 4.90 Å². The molecule has 0 unspecified atom stereocenters. The van der Waals surface area contributed by atoms with E-state index in [2.05, 4.69) is 17.5 Å². The van der Waals surface area contributed by atoms with E-state index in [0.717, 1.165) is 24.1 Å². The maximum atomic E-state index is 13.3. The Bertz CT molecular complexity index is 1120. The van der Waals surface area contributed by atoms with Gasteiger partial charge in [0.2, 0.25) is 11.8 Å². The van der Waals surface area contributed by atoms with Gasteiger partial charge >= 0.3 is 0 Å². The van der Waals surface area contributed by atoms with Crippen LogP contribution >= 0.6 is 0 Å². The summed E-state index contributed by atoms with van der Waals surface area (Å²) in [5, 5.41) is 2.97. The number of benzene rings is 2. The van der Waals surface area contributed by atoms with E-state index in [1.807, 2.05) is 31.2 Å². The number of nitrogens with zero attached hydrogens (tertiary/aromatic N) is 1. The first-order chi connectivity index (χ1) is 15.1. The summed E-state index contributed by atoms with van der Waals surface area (Å²) in [5.41, 5.74) is 2.76. The Morgan fingerprint density at radius 1 is 0.968 bits per heavy atom. The molecule has 6 atom stereocenters. The molecular weight excluding hydrogens is 388 g/mol. The Kier molecular flexibility index (Phi) is 3.98. The number of hydrogen-bond acceptors (Lipinski definition) is 3. The highest BCUT2D eigenvalue weighted by Crippen LogP contribution is 2.65. The summed E-state index contributed by atoms with van der Waals surface area (Å²) in [7, 11) is 0. The molecule has 4 aliphatic carbocycles. The minimum atomic E-state index is -0.248. The van der Waals surface area contributed by atoms with E-state index < -0.39 is 0 Å².